The van der Waals surface area contributed by atoms with E-state index in [0.717, 1.165) is 5.96 Å². The Morgan fingerprint density at radius 2 is 2.10 bits per heavy atom. The summed E-state index contributed by atoms with van der Waals surface area (Å²) in [6, 6.07) is 0. The van der Waals surface area contributed by atoms with Gasteiger partial charge in [0.25, 0.3) is 0 Å². The summed E-state index contributed by atoms with van der Waals surface area (Å²) in [5, 5.41) is 0. The molecule has 0 bridgehead atoms. The highest BCUT2D eigenvalue weighted by Gasteiger charge is 2.27. The van der Waals surface area contributed by atoms with Crippen molar-refractivity contribution >= 4 is 11.9 Å². The number of guanidine groups is 1. The number of amides is 1. The molecule has 0 N–H and O–H groups in total. The molecule has 1 aliphatic heterocycles. The normalized spacial score (nSPS) is 23.1. The van der Waals surface area contributed by atoms with Gasteiger partial charge in [-0.3, -0.25) is 14.7 Å². The van der Waals surface area contributed by atoms with E-state index in [0.29, 0.717) is 6.54 Å². The van der Waals surface area contributed by atoms with E-state index in [1.807, 2.05) is 11.9 Å². The van der Waals surface area contributed by atoms with Crippen molar-refractivity contribution in [3.05, 3.63) is 0 Å². The van der Waals surface area contributed by atoms with Gasteiger partial charge < -0.3 is 4.90 Å². The Hall–Kier alpha value is -1.06. The van der Waals surface area contributed by atoms with Gasteiger partial charge in [0.1, 0.15) is 0 Å². The SMILES string of the molecule is CN=C1N(C)CC(=O)N1C. The van der Waals surface area contributed by atoms with Crippen molar-refractivity contribution < 1.29 is 4.79 Å². The van der Waals surface area contributed by atoms with E-state index in [4.69, 9.17) is 0 Å². The molecule has 10 heavy (non-hydrogen) atoms. The summed E-state index contributed by atoms with van der Waals surface area (Å²) in [5.41, 5.74) is 0. The van der Waals surface area contributed by atoms with Crippen LogP contribution in [-0.2, 0) is 4.79 Å². The first-order valence-corrected chi connectivity index (χ1v) is 3.11. The molecular weight excluding hydrogens is 130 g/mol. The van der Waals surface area contributed by atoms with Gasteiger partial charge in [-0.15, -0.1) is 0 Å². The Morgan fingerprint density at radius 3 is 2.30 bits per heavy atom. The monoisotopic (exact) mass is 141 g/mol. The van der Waals surface area contributed by atoms with Crippen LogP contribution in [0.1, 0.15) is 0 Å². The first kappa shape index (κ1) is 7.05. The van der Waals surface area contributed by atoms with Gasteiger partial charge >= 0.3 is 0 Å². The fraction of sp³-hybridized carbons (Fsp3) is 0.667. The van der Waals surface area contributed by atoms with E-state index >= 15 is 0 Å². The van der Waals surface area contributed by atoms with Gasteiger partial charge in [0, 0.05) is 21.1 Å². The number of aliphatic imine (C=N–C) groups is 1. The number of hydrogen-bond donors (Lipinski definition) is 0. The molecule has 1 amide bonds. The Kier molecular flexibility index (Phi) is 1.61. The van der Waals surface area contributed by atoms with Crippen LogP contribution >= 0.6 is 0 Å². The van der Waals surface area contributed by atoms with Crippen LogP contribution in [0.4, 0.5) is 0 Å². The summed E-state index contributed by atoms with van der Waals surface area (Å²) in [6.45, 7) is 0.448. The minimum atomic E-state index is 0.100. The van der Waals surface area contributed by atoms with Crippen molar-refractivity contribution in [2.45, 2.75) is 0 Å². The Balaban J connectivity index is 2.84. The minimum absolute atomic E-state index is 0.100. The standard InChI is InChI=1S/C6H11N3O/c1-7-6-8(2)4-5(10)9(6)3/h4H2,1-3H3. The third kappa shape index (κ3) is 0.853. The van der Waals surface area contributed by atoms with E-state index in [-0.39, 0.29) is 5.91 Å². The second-order valence-electron chi connectivity index (χ2n) is 2.33. The molecule has 0 aromatic rings. The average Bonchev–Trinajstić information content (AvgIpc) is 2.09. The molecule has 1 saturated heterocycles. The Morgan fingerprint density at radius 1 is 1.50 bits per heavy atom. The van der Waals surface area contributed by atoms with E-state index in [2.05, 4.69) is 4.99 Å². The van der Waals surface area contributed by atoms with E-state index in [9.17, 15) is 4.79 Å². The lowest BCUT2D eigenvalue weighted by Crippen LogP contribution is -2.29. The van der Waals surface area contributed by atoms with Crippen LogP contribution in [0.25, 0.3) is 0 Å². The zero-order valence-corrected chi connectivity index (χ0v) is 6.46. The number of nitrogens with zero attached hydrogens (tertiary/aromatic N) is 3. The van der Waals surface area contributed by atoms with Crippen LogP contribution in [-0.4, -0.2) is 49.4 Å². The predicted molar refractivity (Wildman–Crippen MR) is 38.8 cm³/mol. The lowest BCUT2D eigenvalue weighted by Gasteiger charge is -2.12. The van der Waals surface area contributed by atoms with Gasteiger partial charge in [-0.25, -0.2) is 0 Å². The molecule has 0 spiro atoms. The fourth-order valence-corrected chi connectivity index (χ4v) is 1.07. The molecule has 4 heteroatoms. The molecule has 0 unspecified atom stereocenters. The molecular formula is C6H11N3O. The van der Waals surface area contributed by atoms with Gasteiger partial charge in [-0.2, -0.15) is 0 Å². The molecule has 0 aromatic heterocycles. The largest absolute Gasteiger partial charge is 0.336 e. The smallest absolute Gasteiger partial charge is 0.248 e. The number of likely N-dealkylation sites (N-methyl/N-ethyl adjacent to an activating group) is 2. The second kappa shape index (κ2) is 2.28. The van der Waals surface area contributed by atoms with Crippen LogP contribution in [0.15, 0.2) is 4.99 Å². The van der Waals surface area contributed by atoms with E-state index < -0.39 is 0 Å². The van der Waals surface area contributed by atoms with Crippen molar-refractivity contribution in [2.24, 2.45) is 4.99 Å². The van der Waals surface area contributed by atoms with Crippen molar-refractivity contribution in [3.63, 3.8) is 0 Å². The third-order valence-corrected chi connectivity index (χ3v) is 1.59. The van der Waals surface area contributed by atoms with Gasteiger partial charge in [-0.05, 0) is 0 Å². The highest BCUT2D eigenvalue weighted by molar-refractivity contribution is 6.03. The van der Waals surface area contributed by atoms with Crippen molar-refractivity contribution in [2.75, 3.05) is 27.7 Å². The van der Waals surface area contributed by atoms with Crippen LogP contribution in [0.3, 0.4) is 0 Å². The Bertz CT molecular complexity index is 187. The van der Waals surface area contributed by atoms with E-state index in [1.165, 1.54) is 0 Å². The molecule has 0 aromatic carbocycles. The van der Waals surface area contributed by atoms with Crippen LogP contribution in [0.5, 0.6) is 0 Å². The number of hydrogen-bond acceptors (Lipinski definition) is 2. The van der Waals surface area contributed by atoms with Crippen LogP contribution in [0, 0.1) is 0 Å². The lowest BCUT2D eigenvalue weighted by molar-refractivity contribution is -0.124. The number of rotatable bonds is 0. The topological polar surface area (TPSA) is 35.9 Å². The second-order valence-corrected chi connectivity index (χ2v) is 2.33. The maximum Gasteiger partial charge on any atom is 0.248 e. The average molecular weight is 141 g/mol. The summed E-state index contributed by atoms with van der Waals surface area (Å²) in [7, 11) is 5.26. The minimum Gasteiger partial charge on any atom is -0.336 e. The van der Waals surface area contributed by atoms with Gasteiger partial charge in [0.15, 0.2) is 0 Å². The van der Waals surface area contributed by atoms with Crippen molar-refractivity contribution in [1.82, 2.24) is 9.80 Å². The predicted octanol–water partition coefficient (Wildman–Crippen LogP) is -0.624. The van der Waals surface area contributed by atoms with Gasteiger partial charge in [0.05, 0.1) is 6.54 Å². The zero-order valence-electron chi connectivity index (χ0n) is 6.46. The highest BCUT2D eigenvalue weighted by atomic mass is 16.2. The van der Waals surface area contributed by atoms with Crippen molar-refractivity contribution in [1.29, 1.82) is 0 Å². The maximum atomic E-state index is 11.0. The molecule has 1 heterocycles. The zero-order chi connectivity index (χ0) is 7.72. The molecule has 56 valence electrons. The van der Waals surface area contributed by atoms with Crippen molar-refractivity contribution in [3.8, 4) is 0 Å². The summed E-state index contributed by atoms with van der Waals surface area (Å²) in [4.78, 5) is 18.3. The maximum absolute atomic E-state index is 11.0. The van der Waals surface area contributed by atoms with Gasteiger partial charge in [0.2, 0.25) is 11.9 Å². The first-order valence-electron chi connectivity index (χ1n) is 3.11. The molecule has 4 nitrogen and oxygen atoms in total. The number of carbonyl (C=O) groups is 1. The molecule has 1 aliphatic rings. The molecule has 0 saturated carbocycles. The molecule has 0 aliphatic carbocycles. The molecule has 0 atom stereocenters. The summed E-state index contributed by atoms with van der Waals surface area (Å²) >= 11 is 0. The van der Waals surface area contributed by atoms with Gasteiger partial charge in [-0.1, -0.05) is 0 Å². The lowest BCUT2D eigenvalue weighted by atomic mass is 10.6. The summed E-state index contributed by atoms with van der Waals surface area (Å²) in [5.74, 6) is 0.841. The molecule has 0 radical (unpaired) electrons. The molecule has 1 rings (SSSR count). The quantitative estimate of drug-likeness (QED) is 0.450. The summed E-state index contributed by atoms with van der Waals surface area (Å²) in [6.07, 6.45) is 0. The number of carbonyl (C=O) groups excluding carboxylic acids is 1. The highest BCUT2D eigenvalue weighted by Crippen LogP contribution is 2.03. The van der Waals surface area contributed by atoms with Crippen LogP contribution < -0.4 is 0 Å². The molecule has 1 fully saturated rings. The van der Waals surface area contributed by atoms with Crippen LogP contribution in [0.2, 0.25) is 0 Å². The third-order valence-electron chi connectivity index (χ3n) is 1.59. The summed E-state index contributed by atoms with van der Waals surface area (Å²) < 4.78 is 0. The first-order chi connectivity index (χ1) is 4.66. The Labute approximate surface area is 60.1 Å². The fourth-order valence-electron chi connectivity index (χ4n) is 1.07. The van der Waals surface area contributed by atoms with E-state index in [1.54, 1.807) is 19.0 Å².